The van der Waals surface area contributed by atoms with Gasteiger partial charge in [-0.05, 0) is 18.2 Å². The summed E-state index contributed by atoms with van der Waals surface area (Å²) in [7, 11) is 0. The average Bonchev–Trinajstić information content (AvgIpc) is 2.83. The van der Waals surface area contributed by atoms with Crippen molar-refractivity contribution in [3.63, 3.8) is 0 Å². The summed E-state index contributed by atoms with van der Waals surface area (Å²) < 4.78 is 1.74. The van der Waals surface area contributed by atoms with E-state index in [1.807, 2.05) is 30.5 Å². The Morgan fingerprint density at radius 3 is 2.94 bits per heavy atom. The van der Waals surface area contributed by atoms with Gasteiger partial charge in [0.1, 0.15) is 0 Å². The second kappa shape index (κ2) is 3.95. The average molecular weight is 225 g/mol. The zero-order valence-corrected chi connectivity index (χ0v) is 9.11. The summed E-state index contributed by atoms with van der Waals surface area (Å²) >= 11 is 0. The third-order valence-electron chi connectivity index (χ3n) is 2.58. The van der Waals surface area contributed by atoms with Gasteiger partial charge in [0, 0.05) is 36.3 Å². The van der Waals surface area contributed by atoms with E-state index < -0.39 is 0 Å². The quantitative estimate of drug-likeness (QED) is 0.712. The number of rotatable bonds is 2. The van der Waals surface area contributed by atoms with Crippen molar-refractivity contribution < 1.29 is 0 Å². The van der Waals surface area contributed by atoms with E-state index in [1.54, 1.807) is 16.9 Å². The van der Waals surface area contributed by atoms with Crippen molar-refractivity contribution in [3.05, 3.63) is 48.4 Å². The number of nitrogens with zero attached hydrogens (tertiary/aromatic N) is 4. The van der Waals surface area contributed by atoms with Gasteiger partial charge in [0.05, 0.1) is 0 Å². The lowest BCUT2D eigenvalue weighted by Gasteiger charge is -1.96. The number of pyridine rings is 2. The highest BCUT2D eigenvalue weighted by Gasteiger charge is 2.08. The molecule has 0 aliphatic heterocycles. The van der Waals surface area contributed by atoms with Gasteiger partial charge in [-0.3, -0.25) is 4.98 Å². The van der Waals surface area contributed by atoms with E-state index in [9.17, 15) is 0 Å². The smallest absolute Gasteiger partial charge is 0.183 e. The van der Waals surface area contributed by atoms with Gasteiger partial charge in [-0.1, -0.05) is 6.07 Å². The number of aromatic nitrogens is 4. The van der Waals surface area contributed by atoms with E-state index in [0.29, 0.717) is 12.4 Å². The number of hydrogen-bond acceptors (Lipinski definition) is 4. The second-order valence-electron chi connectivity index (χ2n) is 3.68. The minimum absolute atomic E-state index is 0.454. The molecule has 0 aliphatic carbocycles. The largest absolute Gasteiger partial charge is 0.326 e. The van der Waals surface area contributed by atoms with Crippen LogP contribution in [0, 0.1) is 0 Å². The zero-order valence-electron chi connectivity index (χ0n) is 9.11. The maximum Gasteiger partial charge on any atom is 0.183 e. The first-order valence-corrected chi connectivity index (χ1v) is 5.33. The highest BCUT2D eigenvalue weighted by Crippen LogP contribution is 2.16. The second-order valence-corrected chi connectivity index (χ2v) is 3.68. The molecule has 3 rings (SSSR count). The van der Waals surface area contributed by atoms with Crippen LogP contribution in [-0.4, -0.2) is 19.6 Å². The topological polar surface area (TPSA) is 69.1 Å². The van der Waals surface area contributed by atoms with E-state index in [4.69, 9.17) is 5.73 Å². The van der Waals surface area contributed by atoms with E-state index in [0.717, 1.165) is 16.8 Å². The highest BCUT2D eigenvalue weighted by molar-refractivity contribution is 5.58. The molecule has 3 heterocycles. The van der Waals surface area contributed by atoms with E-state index in [2.05, 4.69) is 15.1 Å². The molecule has 84 valence electrons. The minimum Gasteiger partial charge on any atom is -0.326 e. The van der Waals surface area contributed by atoms with Crippen molar-refractivity contribution in [1.29, 1.82) is 0 Å². The molecule has 0 radical (unpaired) electrons. The third kappa shape index (κ3) is 1.66. The molecule has 0 unspecified atom stereocenters. The minimum atomic E-state index is 0.454. The van der Waals surface area contributed by atoms with E-state index in [1.165, 1.54) is 0 Å². The van der Waals surface area contributed by atoms with Gasteiger partial charge in [0.15, 0.2) is 11.5 Å². The van der Waals surface area contributed by atoms with E-state index in [-0.39, 0.29) is 0 Å². The van der Waals surface area contributed by atoms with Gasteiger partial charge in [0.25, 0.3) is 0 Å². The Kier molecular flexibility index (Phi) is 2.31. The van der Waals surface area contributed by atoms with Crippen molar-refractivity contribution in [2.45, 2.75) is 6.54 Å². The summed E-state index contributed by atoms with van der Waals surface area (Å²) in [5, 5.41) is 4.40. The SMILES string of the molecule is NCc1cccn2nc(-c3cccnc3)nc12. The number of fused-ring (bicyclic) bond motifs is 1. The Bertz CT molecular complexity index is 644. The molecule has 0 fully saturated rings. The maximum atomic E-state index is 5.67. The van der Waals surface area contributed by atoms with Gasteiger partial charge in [-0.15, -0.1) is 5.10 Å². The first kappa shape index (κ1) is 9.92. The van der Waals surface area contributed by atoms with Gasteiger partial charge in [0.2, 0.25) is 0 Å². The van der Waals surface area contributed by atoms with Crippen molar-refractivity contribution in [1.82, 2.24) is 19.6 Å². The summed E-state index contributed by atoms with van der Waals surface area (Å²) in [6.07, 6.45) is 5.34. The number of nitrogens with two attached hydrogens (primary N) is 1. The standard InChI is InChI=1S/C12H11N5/c13-7-9-4-2-6-17-12(9)15-11(16-17)10-3-1-5-14-8-10/h1-6,8H,7,13H2. The molecule has 3 aromatic rings. The molecule has 2 N–H and O–H groups in total. The van der Waals surface area contributed by atoms with Crippen LogP contribution in [0.2, 0.25) is 0 Å². The Balaban J connectivity index is 2.20. The molecular formula is C12H11N5. The number of hydrogen-bond donors (Lipinski definition) is 1. The molecule has 0 amide bonds. The van der Waals surface area contributed by atoms with Crippen molar-refractivity contribution in [3.8, 4) is 11.4 Å². The molecule has 0 atom stereocenters. The van der Waals surface area contributed by atoms with Crippen molar-refractivity contribution in [2.24, 2.45) is 5.73 Å². The predicted molar refractivity (Wildman–Crippen MR) is 64.1 cm³/mol. The molecule has 5 heteroatoms. The molecule has 0 spiro atoms. The third-order valence-corrected chi connectivity index (χ3v) is 2.58. The van der Waals surface area contributed by atoms with Crippen LogP contribution in [0.15, 0.2) is 42.9 Å². The van der Waals surface area contributed by atoms with Crippen LogP contribution < -0.4 is 5.73 Å². The first-order chi connectivity index (χ1) is 8.38. The molecule has 5 nitrogen and oxygen atoms in total. The fourth-order valence-electron chi connectivity index (χ4n) is 1.74. The molecular weight excluding hydrogens is 214 g/mol. The fourth-order valence-corrected chi connectivity index (χ4v) is 1.74. The molecule has 0 bridgehead atoms. The molecule has 17 heavy (non-hydrogen) atoms. The molecule has 0 aliphatic rings. The first-order valence-electron chi connectivity index (χ1n) is 5.33. The summed E-state index contributed by atoms with van der Waals surface area (Å²) in [6.45, 7) is 0.454. The molecule has 0 saturated carbocycles. The molecule has 0 saturated heterocycles. The predicted octanol–water partition coefficient (Wildman–Crippen LogP) is 1.25. The maximum absolute atomic E-state index is 5.67. The monoisotopic (exact) mass is 225 g/mol. The fraction of sp³-hybridized carbons (Fsp3) is 0.0833. The zero-order chi connectivity index (χ0) is 11.7. The summed E-state index contributed by atoms with van der Waals surface area (Å²) in [5.41, 5.74) is 8.35. The Morgan fingerprint density at radius 2 is 2.18 bits per heavy atom. The molecule has 0 aromatic carbocycles. The lowest BCUT2D eigenvalue weighted by molar-refractivity contribution is 0.944. The molecule has 3 aromatic heterocycles. The van der Waals surface area contributed by atoms with E-state index >= 15 is 0 Å². The van der Waals surface area contributed by atoms with Crippen LogP contribution in [0.5, 0.6) is 0 Å². The van der Waals surface area contributed by atoms with Crippen LogP contribution in [0.1, 0.15) is 5.56 Å². The van der Waals surface area contributed by atoms with Crippen LogP contribution >= 0.6 is 0 Å². The van der Waals surface area contributed by atoms with Gasteiger partial charge in [-0.2, -0.15) is 0 Å². The summed E-state index contributed by atoms with van der Waals surface area (Å²) in [5.74, 6) is 0.666. The van der Waals surface area contributed by atoms with Crippen LogP contribution in [0.4, 0.5) is 0 Å². The Morgan fingerprint density at radius 1 is 1.24 bits per heavy atom. The van der Waals surface area contributed by atoms with Gasteiger partial charge in [-0.25, -0.2) is 9.50 Å². The Hall–Kier alpha value is -2.27. The van der Waals surface area contributed by atoms with Crippen LogP contribution in [0.25, 0.3) is 17.0 Å². The normalized spacial score (nSPS) is 10.9. The lowest BCUT2D eigenvalue weighted by Crippen LogP contribution is -1.99. The van der Waals surface area contributed by atoms with Crippen molar-refractivity contribution >= 4 is 5.65 Å². The van der Waals surface area contributed by atoms with Gasteiger partial charge < -0.3 is 5.73 Å². The van der Waals surface area contributed by atoms with Gasteiger partial charge >= 0.3 is 0 Å². The highest BCUT2D eigenvalue weighted by atomic mass is 15.3. The van der Waals surface area contributed by atoms with Crippen molar-refractivity contribution in [2.75, 3.05) is 0 Å². The van der Waals surface area contributed by atoms with Crippen LogP contribution in [0.3, 0.4) is 0 Å². The lowest BCUT2D eigenvalue weighted by atomic mass is 10.2. The van der Waals surface area contributed by atoms with Crippen LogP contribution in [-0.2, 0) is 6.54 Å². The Labute approximate surface area is 97.9 Å². The summed E-state index contributed by atoms with van der Waals surface area (Å²) in [6, 6.07) is 7.67. The summed E-state index contributed by atoms with van der Waals surface area (Å²) in [4.78, 5) is 8.55.